The van der Waals surface area contributed by atoms with Gasteiger partial charge in [0.05, 0.1) is 0 Å². The molecule has 4 nitrogen and oxygen atoms in total. The highest BCUT2D eigenvalue weighted by Crippen LogP contribution is 2.22. The van der Waals surface area contributed by atoms with Gasteiger partial charge in [-0.05, 0) is 52.4 Å². The molecule has 0 aliphatic heterocycles. The van der Waals surface area contributed by atoms with E-state index in [2.05, 4.69) is 6.92 Å². The Morgan fingerprint density at radius 3 is 1.50 bits per heavy atom. The molecule has 0 rings (SSSR count). The number of rotatable bonds is 20. The van der Waals surface area contributed by atoms with Gasteiger partial charge in [-0.15, -0.1) is 0 Å². The zero-order chi connectivity index (χ0) is 22.6. The molecule has 174 valence electrons. The second-order valence-electron chi connectivity index (χ2n) is 8.61. The fraction of sp³-hybridized carbons (Fsp3) is 0.769. The maximum atomic E-state index is 11.4. The lowest BCUT2D eigenvalue weighted by molar-refractivity contribution is -0.133. The van der Waals surface area contributed by atoms with E-state index >= 15 is 0 Å². The van der Waals surface area contributed by atoms with E-state index in [0.717, 1.165) is 56.9 Å². The summed E-state index contributed by atoms with van der Waals surface area (Å²) in [6.07, 6.45) is 21.4. The van der Waals surface area contributed by atoms with Gasteiger partial charge >= 0.3 is 11.9 Å². The predicted octanol–water partition coefficient (Wildman–Crippen LogP) is 8.07. The maximum absolute atomic E-state index is 11.4. The Labute approximate surface area is 184 Å². The molecule has 0 aliphatic carbocycles. The van der Waals surface area contributed by atoms with Gasteiger partial charge in [-0.1, -0.05) is 89.2 Å². The van der Waals surface area contributed by atoms with Gasteiger partial charge in [-0.3, -0.25) is 0 Å². The van der Waals surface area contributed by atoms with E-state index < -0.39 is 11.9 Å². The SMILES string of the molecule is CCCCCCCCC/C(CCCCCCCCCC=C(C)C(=O)O)=C(/C)C(=O)O. The van der Waals surface area contributed by atoms with Crippen molar-refractivity contribution in [1.82, 2.24) is 0 Å². The Hall–Kier alpha value is -1.58. The van der Waals surface area contributed by atoms with Crippen LogP contribution >= 0.6 is 0 Å². The fourth-order valence-electron chi connectivity index (χ4n) is 3.72. The van der Waals surface area contributed by atoms with Crippen molar-refractivity contribution in [3.8, 4) is 0 Å². The molecule has 0 aromatic carbocycles. The van der Waals surface area contributed by atoms with E-state index in [9.17, 15) is 14.7 Å². The zero-order valence-electron chi connectivity index (χ0n) is 19.8. The molecular weight excluding hydrogens is 376 g/mol. The summed E-state index contributed by atoms with van der Waals surface area (Å²) in [5, 5.41) is 18.2. The lowest BCUT2D eigenvalue weighted by Gasteiger charge is -2.11. The van der Waals surface area contributed by atoms with Crippen LogP contribution in [0.25, 0.3) is 0 Å². The molecule has 0 unspecified atom stereocenters. The lowest BCUT2D eigenvalue weighted by atomic mass is 9.95. The van der Waals surface area contributed by atoms with Crippen LogP contribution < -0.4 is 0 Å². The molecule has 0 spiro atoms. The summed E-state index contributed by atoms with van der Waals surface area (Å²) in [6.45, 7) is 5.64. The Morgan fingerprint density at radius 2 is 1.07 bits per heavy atom. The number of carboxylic acids is 2. The summed E-state index contributed by atoms with van der Waals surface area (Å²) in [6, 6.07) is 0. The molecular formula is C26H46O4. The number of allylic oxidation sites excluding steroid dienone is 2. The van der Waals surface area contributed by atoms with Gasteiger partial charge in [-0.2, -0.15) is 0 Å². The Kier molecular flexibility index (Phi) is 18.4. The highest BCUT2D eigenvalue weighted by Gasteiger charge is 2.09. The maximum Gasteiger partial charge on any atom is 0.331 e. The van der Waals surface area contributed by atoms with E-state index in [0.29, 0.717) is 11.1 Å². The molecule has 0 aromatic rings. The van der Waals surface area contributed by atoms with Crippen LogP contribution in [0.2, 0.25) is 0 Å². The van der Waals surface area contributed by atoms with Crippen molar-refractivity contribution in [2.75, 3.05) is 0 Å². The van der Waals surface area contributed by atoms with Gasteiger partial charge < -0.3 is 10.2 Å². The van der Waals surface area contributed by atoms with Crippen molar-refractivity contribution in [3.63, 3.8) is 0 Å². The van der Waals surface area contributed by atoms with Gasteiger partial charge in [0.25, 0.3) is 0 Å². The van der Waals surface area contributed by atoms with Crippen LogP contribution in [0.5, 0.6) is 0 Å². The third-order valence-electron chi connectivity index (χ3n) is 5.90. The van der Waals surface area contributed by atoms with E-state index in [1.807, 2.05) is 6.08 Å². The predicted molar refractivity (Wildman–Crippen MR) is 126 cm³/mol. The zero-order valence-corrected chi connectivity index (χ0v) is 19.8. The first kappa shape index (κ1) is 28.4. The number of hydrogen-bond donors (Lipinski definition) is 2. The molecule has 0 saturated heterocycles. The van der Waals surface area contributed by atoms with Crippen LogP contribution in [0.15, 0.2) is 22.8 Å². The summed E-state index contributed by atoms with van der Waals surface area (Å²) in [4.78, 5) is 22.1. The fourth-order valence-corrected chi connectivity index (χ4v) is 3.72. The van der Waals surface area contributed by atoms with Crippen LogP contribution in [0.1, 0.15) is 130 Å². The van der Waals surface area contributed by atoms with E-state index in [-0.39, 0.29) is 0 Å². The number of hydrogen-bond acceptors (Lipinski definition) is 2. The van der Waals surface area contributed by atoms with Crippen LogP contribution in [-0.2, 0) is 9.59 Å². The first-order chi connectivity index (χ1) is 14.4. The van der Waals surface area contributed by atoms with Crippen molar-refractivity contribution in [2.45, 2.75) is 130 Å². The third kappa shape index (κ3) is 16.2. The van der Waals surface area contributed by atoms with Crippen LogP contribution in [-0.4, -0.2) is 22.2 Å². The van der Waals surface area contributed by atoms with Crippen molar-refractivity contribution in [2.24, 2.45) is 0 Å². The summed E-state index contributed by atoms with van der Waals surface area (Å²) >= 11 is 0. The molecule has 0 bridgehead atoms. The van der Waals surface area contributed by atoms with Crippen molar-refractivity contribution >= 4 is 11.9 Å². The topological polar surface area (TPSA) is 74.6 Å². The molecule has 0 fully saturated rings. The van der Waals surface area contributed by atoms with Crippen molar-refractivity contribution < 1.29 is 19.8 Å². The first-order valence-electron chi connectivity index (χ1n) is 12.2. The third-order valence-corrected chi connectivity index (χ3v) is 5.90. The van der Waals surface area contributed by atoms with Crippen LogP contribution in [0.4, 0.5) is 0 Å². The second-order valence-corrected chi connectivity index (χ2v) is 8.61. The van der Waals surface area contributed by atoms with Crippen molar-refractivity contribution in [3.05, 3.63) is 22.8 Å². The second kappa shape index (κ2) is 19.4. The minimum atomic E-state index is -0.825. The average Bonchev–Trinajstić information content (AvgIpc) is 2.71. The molecule has 0 aromatic heterocycles. The number of aliphatic carboxylic acids is 2. The molecule has 30 heavy (non-hydrogen) atoms. The highest BCUT2D eigenvalue weighted by molar-refractivity contribution is 5.86. The summed E-state index contributed by atoms with van der Waals surface area (Å²) in [5.74, 6) is -1.59. The largest absolute Gasteiger partial charge is 0.478 e. The quantitative estimate of drug-likeness (QED) is 0.154. The van der Waals surface area contributed by atoms with Crippen LogP contribution in [0.3, 0.4) is 0 Å². The van der Waals surface area contributed by atoms with Gasteiger partial charge in [0, 0.05) is 11.1 Å². The molecule has 0 atom stereocenters. The minimum Gasteiger partial charge on any atom is -0.478 e. The Balaban J connectivity index is 3.91. The van der Waals surface area contributed by atoms with Gasteiger partial charge in [-0.25, -0.2) is 9.59 Å². The molecule has 0 radical (unpaired) electrons. The molecule has 0 amide bonds. The lowest BCUT2D eigenvalue weighted by Crippen LogP contribution is -2.02. The first-order valence-corrected chi connectivity index (χ1v) is 12.2. The summed E-state index contributed by atoms with van der Waals surface area (Å²) < 4.78 is 0. The summed E-state index contributed by atoms with van der Waals surface area (Å²) in [7, 11) is 0. The van der Waals surface area contributed by atoms with E-state index in [1.54, 1.807) is 13.8 Å². The van der Waals surface area contributed by atoms with Gasteiger partial charge in [0.1, 0.15) is 0 Å². The molecule has 0 saturated carbocycles. The van der Waals surface area contributed by atoms with Crippen LogP contribution in [0, 0.1) is 0 Å². The number of unbranched alkanes of at least 4 members (excludes halogenated alkanes) is 13. The van der Waals surface area contributed by atoms with Gasteiger partial charge in [0.15, 0.2) is 0 Å². The molecule has 0 aliphatic rings. The summed E-state index contributed by atoms with van der Waals surface area (Å²) in [5.41, 5.74) is 2.15. The average molecular weight is 423 g/mol. The Morgan fingerprint density at radius 1 is 0.633 bits per heavy atom. The smallest absolute Gasteiger partial charge is 0.331 e. The van der Waals surface area contributed by atoms with E-state index in [4.69, 9.17) is 5.11 Å². The highest BCUT2D eigenvalue weighted by atomic mass is 16.4. The van der Waals surface area contributed by atoms with E-state index in [1.165, 1.54) is 57.8 Å². The number of carboxylic acid groups (broad SMARTS) is 2. The monoisotopic (exact) mass is 422 g/mol. The van der Waals surface area contributed by atoms with Gasteiger partial charge in [0.2, 0.25) is 0 Å². The normalized spacial score (nSPS) is 12.7. The molecule has 0 heterocycles. The Bertz CT molecular complexity index is 531. The minimum absolute atomic E-state index is 0.437. The number of carbonyl (C=O) groups is 2. The molecule has 4 heteroatoms. The molecule has 2 N–H and O–H groups in total. The van der Waals surface area contributed by atoms with Crippen molar-refractivity contribution in [1.29, 1.82) is 0 Å². The standard InChI is InChI=1S/C26H46O4/c1-4-5-6-7-10-14-17-20-24(23(3)26(29)30)21-18-15-12-9-8-11-13-16-19-22(2)25(27)28/h19H,4-18,20-21H2,1-3H3,(H,27,28)(H,29,30)/b22-19?,24-23+.